The monoisotopic (exact) mass is 1950 g/mol. The van der Waals surface area contributed by atoms with E-state index >= 15 is 0 Å². The van der Waals surface area contributed by atoms with Crippen molar-refractivity contribution < 1.29 is 86.4 Å². The number of rotatable bonds is 35. The summed E-state index contributed by atoms with van der Waals surface area (Å²) < 4.78 is 14.4. The summed E-state index contributed by atoms with van der Waals surface area (Å²) in [5.41, 5.74) is 26.0. The Morgan fingerprint density at radius 2 is 0.585 bits per heavy atom. The summed E-state index contributed by atoms with van der Waals surface area (Å²) in [7, 11) is 6.32. The lowest BCUT2D eigenvalue weighted by Crippen LogP contribution is -2.27. The molecule has 0 saturated carbocycles. The smallest absolute Gasteiger partial charge is 0.409 e. The van der Waals surface area contributed by atoms with Crippen molar-refractivity contribution in [3.8, 4) is 85.5 Å². The molecule has 7 heterocycles. The van der Waals surface area contributed by atoms with Gasteiger partial charge in [0.1, 0.15) is 90.6 Å². The maximum atomic E-state index is 11.5. The van der Waals surface area contributed by atoms with E-state index < -0.39 is 18.1 Å². The van der Waals surface area contributed by atoms with E-state index in [-0.39, 0.29) is 29.6 Å². The lowest BCUT2D eigenvalue weighted by atomic mass is 10.1. The number of thiazole rings is 7. The number of amides is 7. The van der Waals surface area contributed by atoms with E-state index in [0.717, 1.165) is 169 Å². The molecule has 0 radical (unpaired) electrons. The number of aryl methyl sites for hydroxylation is 7. The summed E-state index contributed by atoms with van der Waals surface area (Å²) in [5.74, 6) is -0.703. The van der Waals surface area contributed by atoms with E-state index in [2.05, 4.69) is 60.9 Å². The molecule has 0 unspecified atom stereocenters. The molecule has 698 valence electrons. The molecular weight excluding hydrogens is 1860 g/mol. The van der Waals surface area contributed by atoms with Crippen molar-refractivity contribution in [2.24, 2.45) is 11.5 Å². The second-order valence-corrected chi connectivity index (χ2v) is 34.2. The van der Waals surface area contributed by atoms with Crippen molar-refractivity contribution in [2.75, 3.05) is 44.2 Å². The topological polar surface area (TPSA) is 481 Å². The number of anilines is 3. The lowest BCUT2D eigenvalue weighted by Gasteiger charge is -2.11. The van der Waals surface area contributed by atoms with Crippen LogP contribution in [0.5, 0.6) is 11.5 Å². The van der Waals surface area contributed by atoms with Gasteiger partial charge in [-0.1, -0.05) is 24.3 Å². The van der Waals surface area contributed by atoms with Crippen LogP contribution in [0, 0.1) is 0 Å². The lowest BCUT2D eigenvalue weighted by molar-refractivity contribution is -0.132. The number of aromatic carboxylic acids is 1. The van der Waals surface area contributed by atoms with E-state index in [4.69, 9.17) is 26.0 Å². The van der Waals surface area contributed by atoms with Gasteiger partial charge in [-0.15, -0.1) is 79.4 Å². The summed E-state index contributed by atoms with van der Waals surface area (Å²) in [6.45, 7) is 1.37. The predicted octanol–water partition coefficient (Wildman–Crippen LogP) is 18.8. The van der Waals surface area contributed by atoms with Gasteiger partial charge in [-0.05, 0) is 191 Å². The van der Waals surface area contributed by atoms with Gasteiger partial charge in [0, 0.05) is 167 Å². The van der Waals surface area contributed by atoms with Crippen LogP contribution in [0.2, 0.25) is 0 Å². The van der Waals surface area contributed by atoms with Gasteiger partial charge < -0.3 is 90.5 Å². The Morgan fingerprint density at radius 3 is 0.807 bits per heavy atom. The molecule has 14 rings (SSSR count). The normalized spacial score (nSPS) is 10.1. The van der Waals surface area contributed by atoms with Crippen LogP contribution in [0.15, 0.2) is 208 Å². The molecule has 135 heavy (non-hydrogen) atoms. The number of primary amides is 2. The third-order valence-electron chi connectivity index (χ3n) is 17.9. The van der Waals surface area contributed by atoms with Gasteiger partial charge in [0.15, 0.2) is 0 Å². The molecule has 0 atom stereocenters. The first-order valence-corrected chi connectivity index (χ1v) is 47.4. The first kappa shape index (κ1) is 105. The number of ether oxygens (including phenoxy) is 3. The number of benzene rings is 7. The molecule has 14 aromatic rings. The molecule has 7 aromatic carbocycles. The number of nitrogens with zero attached hydrogens (tertiary/aromatic N) is 8. The van der Waals surface area contributed by atoms with Gasteiger partial charge in [0.25, 0.3) is 0 Å². The fourth-order valence-electron chi connectivity index (χ4n) is 11.2. The SMILES string of the molecule is CC(=O)Oc1ccc(-c2nc(CCC=O)cs2)cc1.CN(C)C(=O)Nc1ccc(-c2nc(CCC=O)cs2)cc1.CNC(=O)Nc1ccc(-c2nc(CCC=O)cs2)cc1.COC(=O)c1ccc(-c2nc(CCC=O)cs2)cc1.NC(=O)Nc1ccc(-c2nc(CCC=O)cs2)cc1.NC(=O)Oc1ccc(-c2nc(CCC=O)cs2)cc1.O=CCCc1csc(-c2ccc(C(=O)O)cc2)n1. The Bertz CT molecular complexity index is 5920. The van der Waals surface area contributed by atoms with Crippen LogP contribution in [0.25, 0.3) is 74.0 Å². The van der Waals surface area contributed by atoms with Gasteiger partial charge >= 0.3 is 42.1 Å². The van der Waals surface area contributed by atoms with Crippen LogP contribution in [0.3, 0.4) is 0 Å². The fraction of sp³-hybridized carbons (Fsp3) is 0.198. The fourth-order valence-corrected chi connectivity index (χ4v) is 17.2. The standard InChI is InChI=1S/C15H17N3O2S.C14H15N3O2S.2C14H13NO3S.C13H13N3O2S.C13H12N2O3S.C13H11NO3S/c1-18(2)15(20)17-12-7-5-11(6-8-12)14-16-13(10-21-14)4-3-9-19;1-15-14(19)17-11-6-4-10(5-7-11)13-16-12(9-20-13)3-2-8-18;1-18-14(17)11-6-4-10(5-7-11)13-15-12(9-19-13)3-2-8-16;1-10(17)18-13-6-4-11(5-7-13)14-15-12(9-19-14)3-2-8-16;14-13(18)16-10-5-3-9(4-6-10)12-15-11(8-19-12)2-1-7-17;14-13(17)18-11-5-3-9(4-6-11)12-15-10(8-19-12)2-1-7-16;15-7-1-2-11-8-18-12(14-11)9-3-5-10(6-4-9)13(16)17/h5-10H,3-4H2,1-2H3,(H,17,20);4-9H,2-3H2,1H3,(H2,15,17,19);2*4-9H,2-3H2,1H3;3-8H,1-2H2,(H3,14,16,18);3-8H,1-2H2,(H2,14,17);3-8H,1-2H2,(H,16,17). The number of aromatic nitrogens is 7. The Labute approximate surface area is 804 Å². The Balaban J connectivity index is 0.000000194. The van der Waals surface area contributed by atoms with Crippen LogP contribution < -0.4 is 42.2 Å². The minimum Gasteiger partial charge on any atom is -0.478 e. The molecule has 0 aliphatic heterocycles. The van der Waals surface area contributed by atoms with Crippen LogP contribution in [-0.2, 0) is 88.0 Å². The van der Waals surface area contributed by atoms with Crippen LogP contribution >= 0.6 is 79.4 Å². The van der Waals surface area contributed by atoms with Gasteiger partial charge in [-0.3, -0.25) is 4.79 Å². The van der Waals surface area contributed by atoms with Crippen molar-refractivity contribution in [1.29, 1.82) is 0 Å². The highest BCUT2D eigenvalue weighted by molar-refractivity contribution is 7.15. The highest BCUT2D eigenvalue weighted by atomic mass is 32.1. The molecule has 0 spiro atoms. The first-order valence-electron chi connectivity index (χ1n) is 41.2. The zero-order valence-corrected chi connectivity index (χ0v) is 79.3. The molecule has 0 bridgehead atoms. The maximum Gasteiger partial charge on any atom is 0.409 e. The van der Waals surface area contributed by atoms with Crippen LogP contribution in [0.4, 0.5) is 36.2 Å². The zero-order valence-electron chi connectivity index (χ0n) is 73.6. The van der Waals surface area contributed by atoms with E-state index in [0.29, 0.717) is 113 Å². The average molecular weight is 1960 g/mol. The number of carbonyl (C=O) groups is 14. The zero-order chi connectivity index (χ0) is 97.2. The highest BCUT2D eigenvalue weighted by Gasteiger charge is 2.16. The van der Waals surface area contributed by atoms with E-state index in [1.54, 1.807) is 129 Å². The number of hydrogen-bond donors (Lipinski definition) is 7. The molecule has 32 nitrogen and oxygen atoms in total. The van der Waals surface area contributed by atoms with Crippen molar-refractivity contribution in [1.82, 2.24) is 45.1 Å². The Kier molecular flexibility index (Phi) is 44.9. The van der Waals surface area contributed by atoms with Gasteiger partial charge in [-0.2, -0.15) is 0 Å². The molecule has 7 aromatic heterocycles. The van der Waals surface area contributed by atoms with Crippen molar-refractivity contribution >= 4 is 183 Å². The Hall–Kier alpha value is -14.9. The minimum absolute atomic E-state index is 0.159. The molecule has 7 amide bonds. The third kappa shape index (κ3) is 37.0. The number of carboxylic acids is 1. The van der Waals surface area contributed by atoms with Gasteiger partial charge in [-0.25, -0.2) is 63.7 Å². The van der Waals surface area contributed by atoms with Crippen LogP contribution in [0.1, 0.15) is 112 Å². The maximum absolute atomic E-state index is 11.5. The second-order valence-electron chi connectivity index (χ2n) is 28.2. The molecular formula is C96H94N14O18S7. The van der Waals surface area contributed by atoms with E-state index in [9.17, 15) is 67.1 Å². The predicted molar refractivity (Wildman–Crippen MR) is 527 cm³/mol. The summed E-state index contributed by atoms with van der Waals surface area (Å²) >= 11 is 10.7. The number of nitrogens with one attached hydrogen (secondary N) is 4. The molecule has 0 fully saturated rings. The highest BCUT2D eigenvalue weighted by Crippen LogP contribution is 2.33. The number of methoxy groups -OCH3 is 1. The summed E-state index contributed by atoms with van der Waals surface area (Å²) in [6, 6.07) is 49.2. The second kappa shape index (κ2) is 57.4. The number of esters is 2. The van der Waals surface area contributed by atoms with Gasteiger partial charge in [0.2, 0.25) is 0 Å². The molecule has 0 aliphatic carbocycles. The number of hydrogen-bond acceptors (Lipinski definition) is 31. The number of aldehydes is 7. The number of nitrogens with two attached hydrogens (primary N) is 2. The quantitative estimate of drug-likeness (QED) is 0.0110. The average Bonchev–Trinajstić information content (AvgIpc) is 1.78. The largest absolute Gasteiger partial charge is 0.478 e. The van der Waals surface area contributed by atoms with E-state index in [1.165, 1.54) is 75.6 Å². The number of urea groups is 3. The number of carbonyl (C=O) groups excluding carboxylic acids is 13. The van der Waals surface area contributed by atoms with E-state index in [1.807, 2.05) is 123 Å². The minimum atomic E-state index is -0.938. The summed E-state index contributed by atoms with van der Waals surface area (Å²) in [5, 5.41) is 39.2. The summed E-state index contributed by atoms with van der Waals surface area (Å²) in [4.78, 5) is 182. The van der Waals surface area contributed by atoms with Gasteiger partial charge in [0.05, 0.1) is 58.1 Å². The third-order valence-corrected chi connectivity index (χ3v) is 24.5. The Morgan fingerprint density at radius 1 is 0.348 bits per heavy atom. The van der Waals surface area contributed by atoms with Crippen molar-refractivity contribution in [3.05, 3.63) is 259 Å². The summed E-state index contributed by atoms with van der Waals surface area (Å²) in [6.07, 6.45) is 13.5. The number of carboxylic acid groups (broad SMARTS) is 1. The molecule has 0 saturated heterocycles. The van der Waals surface area contributed by atoms with Crippen LogP contribution in [-0.4, -0.2) is 159 Å². The first-order chi connectivity index (χ1) is 65.3. The molecule has 0 aliphatic rings. The molecule has 39 heteroatoms. The molecule has 9 N–H and O–H groups in total. The van der Waals surface area contributed by atoms with Crippen molar-refractivity contribution in [2.45, 2.75) is 96.8 Å². The van der Waals surface area contributed by atoms with Crippen molar-refractivity contribution in [3.63, 3.8) is 0 Å².